The van der Waals surface area contributed by atoms with Gasteiger partial charge >= 0.3 is 0 Å². The quantitative estimate of drug-likeness (QED) is 0.688. The first-order valence-electron chi connectivity index (χ1n) is 10.2. The van der Waals surface area contributed by atoms with Crippen LogP contribution in [0.3, 0.4) is 0 Å². The Hall–Kier alpha value is -2.43. The monoisotopic (exact) mass is 375 g/mol. The number of aromatic nitrogens is 2. The van der Waals surface area contributed by atoms with Crippen molar-refractivity contribution in [2.75, 3.05) is 0 Å². The van der Waals surface area contributed by atoms with Crippen molar-refractivity contribution in [1.29, 1.82) is 0 Å². The van der Waals surface area contributed by atoms with Crippen LogP contribution in [0.2, 0.25) is 0 Å². The number of para-hydroxylation sites is 1. The van der Waals surface area contributed by atoms with Gasteiger partial charge in [0.15, 0.2) is 0 Å². The van der Waals surface area contributed by atoms with Crippen molar-refractivity contribution < 1.29 is 5.11 Å². The number of nitrogens with one attached hydrogen (secondary N) is 1. The highest BCUT2D eigenvalue weighted by Crippen LogP contribution is 2.26. The predicted octanol–water partition coefficient (Wildman–Crippen LogP) is 4.55. The summed E-state index contributed by atoms with van der Waals surface area (Å²) >= 11 is 0. The molecule has 1 aromatic heterocycles. The minimum absolute atomic E-state index is 0.120. The standard InChI is InChI=1S/C24H29N3O/c1-17-8-9-19(14-18(17)2)24-20(15-25-21-10-12-23(28)13-11-21)16-27(26-24)22-6-4-3-5-7-22/h3-9,14,16,21,23,25,28H,10-13,15H2,1-2H3. The Labute approximate surface area is 167 Å². The molecule has 2 N–H and O–H groups in total. The van der Waals surface area contributed by atoms with Gasteiger partial charge in [-0.15, -0.1) is 0 Å². The zero-order chi connectivity index (χ0) is 19.5. The van der Waals surface area contributed by atoms with Crippen LogP contribution in [0, 0.1) is 13.8 Å². The van der Waals surface area contributed by atoms with Crippen molar-refractivity contribution in [2.45, 2.75) is 58.2 Å². The summed E-state index contributed by atoms with van der Waals surface area (Å²) in [5.41, 5.74) is 7.06. The van der Waals surface area contributed by atoms with E-state index in [1.165, 1.54) is 16.7 Å². The molecule has 1 aliphatic rings. The molecule has 1 fully saturated rings. The van der Waals surface area contributed by atoms with Crippen molar-refractivity contribution in [3.63, 3.8) is 0 Å². The molecule has 0 atom stereocenters. The summed E-state index contributed by atoms with van der Waals surface area (Å²) in [7, 11) is 0. The molecular weight excluding hydrogens is 346 g/mol. The molecule has 146 valence electrons. The van der Waals surface area contributed by atoms with Gasteiger partial charge in [0.25, 0.3) is 0 Å². The number of aryl methyl sites for hydroxylation is 2. The van der Waals surface area contributed by atoms with E-state index in [0.29, 0.717) is 6.04 Å². The molecular formula is C24H29N3O. The van der Waals surface area contributed by atoms with E-state index in [0.717, 1.165) is 49.2 Å². The molecule has 28 heavy (non-hydrogen) atoms. The van der Waals surface area contributed by atoms with Gasteiger partial charge in [0.05, 0.1) is 17.5 Å². The van der Waals surface area contributed by atoms with Crippen LogP contribution < -0.4 is 5.32 Å². The lowest BCUT2D eigenvalue weighted by molar-refractivity contribution is 0.116. The fourth-order valence-corrected chi connectivity index (χ4v) is 3.92. The first kappa shape index (κ1) is 18.9. The molecule has 0 unspecified atom stereocenters. The van der Waals surface area contributed by atoms with E-state index in [1.54, 1.807) is 0 Å². The smallest absolute Gasteiger partial charge is 0.0972 e. The predicted molar refractivity (Wildman–Crippen MR) is 114 cm³/mol. The van der Waals surface area contributed by atoms with Crippen molar-refractivity contribution in [3.8, 4) is 16.9 Å². The van der Waals surface area contributed by atoms with Gasteiger partial charge in [-0.05, 0) is 68.9 Å². The van der Waals surface area contributed by atoms with Crippen molar-refractivity contribution in [3.05, 3.63) is 71.4 Å². The highest BCUT2D eigenvalue weighted by atomic mass is 16.3. The van der Waals surface area contributed by atoms with E-state index in [4.69, 9.17) is 5.10 Å². The third-order valence-electron chi connectivity index (χ3n) is 5.87. The van der Waals surface area contributed by atoms with E-state index in [2.05, 4.69) is 55.7 Å². The van der Waals surface area contributed by atoms with Gasteiger partial charge in [-0.1, -0.05) is 30.3 Å². The van der Waals surface area contributed by atoms with Crippen LogP contribution in [0.15, 0.2) is 54.7 Å². The van der Waals surface area contributed by atoms with Crippen LogP contribution in [-0.4, -0.2) is 27.0 Å². The first-order chi connectivity index (χ1) is 13.6. The Bertz CT molecular complexity index is 924. The molecule has 4 nitrogen and oxygen atoms in total. The second-order valence-corrected chi connectivity index (χ2v) is 7.97. The molecule has 1 heterocycles. The van der Waals surface area contributed by atoms with Gasteiger partial charge in [-0.3, -0.25) is 0 Å². The van der Waals surface area contributed by atoms with Crippen molar-refractivity contribution >= 4 is 0 Å². The van der Waals surface area contributed by atoms with Crippen LogP contribution in [0.5, 0.6) is 0 Å². The lowest BCUT2D eigenvalue weighted by Crippen LogP contribution is -2.34. The SMILES string of the molecule is Cc1ccc(-c2nn(-c3ccccc3)cc2CNC2CCC(O)CC2)cc1C. The van der Waals surface area contributed by atoms with Crippen LogP contribution in [0.4, 0.5) is 0 Å². The van der Waals surface area contributed by atoms with Gasteiger partial charge in [-0.25, -0.2) is 4.68 Å². The van der Waals surface area contributed by atoms with E-state index >= 15 is 0 Å². The van der Waals surface area contributed by atoms with Gasteiger partial charge in [0.2, 0.25) is 0 Å². The number of aliphatic hydroxyl groups is 1. The lowest BCUT2D eigenvalue weighted by atomic mass is 9.93. The molecule has 0 amide bonds. The Morgan fingerprint density at radius 1 is 1.00 bits per heavy atom. The third kappa shape index (κ3) is 4.18. The minimum Gasteiger partial charge on any atom is -0.393 e. The molecule has 2 aromatic carbocycles. The van der Waals surface area contributed by atoms with Gasteiger partial charge in [-0.2, -0.15) is 5.10 Å². The van der Waals surface area contributed by atoms with Crippen LogP contribution in [0.1, 0.15) is 42.4 Å². The van der Waals surface area contributed by atoms with E-state index in [1.807, 2.05) is 22.9 Å². The zero-order valence-corrected chi connectivity index (χ0v) is 16.7. The van der Waals surface area contributed by atoms with Gasteiger partial charge in [0.1, 0.15) is 0 Å². The normalized spacial score (nSPS) is 19.7. The Morgan fingerprint density at radius 2 is 1.75 bits per heavy atom. The average molecular weight is 376 g/mol. The maximum atomic E-state index is 9.74. The Balaban J connectivity index is 1.63. The number of nitrogens with zero attached hydrogens (tertiary/aromatic N) is 2. The lowest BCUT2D eigenvalue weighted by Gasteiger charge is -2.26. The number of aliphatic hydroxyl groups excluding tert-OH is 1. The summed E-state index contributed by atoms with van der Waals surface area (Å²) in [5.74, 6) is 0. The second-order valence-electron chi connectivity index (χ2n) is 7.97. The largest absolute Gasteiger partial charge is 0.393 e. The topological polar surface area (TPSA) is 50.1 Å². The van der Waals surface area contributed by atoms with Gasteiger partial charge in [0, 0.05) is 29.9 Å². The number of benzene rings is 2. The Kier molecular flexibility index (Phi) is 5.60. The third-order valence-corrected chi connectivity index (χ3v) is 5.87. The molecule has 4 heteroatoms. The molecule has 0 saturated heterocycles. The maximum absolute atomic E-state index is 9.74. The summed E-state index contributed by atoms with van der Waals surface area (Å²) in [6.45, 7) is 5.08. The molecule has 0 bridgehead atoms. The average Bonchev–Trinajstić information content (AvgIpc) is 3.15. The van der Waals surface area contributed by atoms with Crippen LogP contribution in [0.25, 0.3) is 16.9 Å². The number of hydrogen-bond acceptors (Lipinski definition) is 3. The summed E-state index contributed by atoms with van der Waals surface area (Å²) in [6, 6.07) is 17.3. The van der Waals surface area contributed by atoms with E-state index in [9.17, 15) is 5.11 Å². The summed E-state index contributed by atoms with van der Waals surface area (Å²) in [6.07, 6.45) is 5.88. The summed E-state index contributed by atoms with van der Waals surface area (Å²) in [5, 5.41) is 18.4. The molecule has 1 aliphatic carbocycles. The molecule has 3 aromatic rings. The molecule has 0 spiro atoms. The first-order valence-corrected chi connectivity index (χ1v) is 10.2. The second kappa shape index (κ2) is 8.29. The van der Waals surface area contributed by atoms with E-state index < -0.39 is 0 Å². The number of hydrogen-bond donors (Lipinski definition) is 2. The minimum atomic E-state index is -0.120. The van der Waals surface area contributed by atoms with E-state index in [-0.39, 0.29) is 6.10 Å². The maximum Gasteiger partial charge on any atom is 0.0972 e. The fourth-order valence-electron chi connectivity index (χ4n) is 3.92. The van der Waals surface area contributed by atoms with Crippen molar-refractivity contribution in [2.24, 2.45) is 0 Å². The molecule has 1 saturated carbocycles. The Morgan fingerprint density at radius 3 is 2.46 bits per heavy atom. The molecule has 0 radical (unpaired) electrons. The van der Waals surface area contributed by atoms with Crippen LogP contribution in [-0.2, 0) is 6.54 Å². The fraction of sp³-hybridized carbons (Fsp3) is 0.375. The van der Waals surface area contributed by atoms with Crippen molar-refractivity contribution in [1.82, 2.24) is 15.1 Å². The van der Waals surface area contributed by atoms with Crippen LogP contribution >= 0.6 is 0 Å². The number of rotatable bonds is 5. The summed E-state index contributed by atoms with van der Waals surface area (Å²) < 4.78 is 1.98. The molecule has 0 aliphatic heterocycles. The highest BCUT2D eigenvalue weighted by Gasteiger charge is 2.20. The zero-order valence-electron chi connectivity index (χ0n) is 16.7. The van der Waals surface area contributed by atoms with Gasteiger partial charge < -0.3 is 10.4 Å². The molecule has 4 rings (SSSR count). The summed E-state index contributed by atoms with van der Waals surface area (Å²) in [4.78, 5) is 0. The highest BCUT2D eigenvalue weighted by molar-refractivity contribution is 5.64.